The highest BCUT2D eigenvalue weighted by molar-refractivity contribution is 5.82. The highest BCUT2D eigenvalue weighted by atomic mass is 16.3. The van der Waals surface area contributed by atoms with Gasteiger partial charge in [-0.3, -0.25) is 9.69 Å². The molecule has 116 valence electrons. The molecule has 2 heterocycles. The highest BCUT2D eigenvalue weighted by Crippen LogP contribution is 2.18. The molecule has 2 N–H and O–H groups in total. The Labute approximate surface area is 122 Å². The number of hydrogen-bond acceptors (Lipinski definition) is 4. The second-order valence-electron chi connectivity index (χ2n) is 6.18. The van der Waals surface area contributed by atoms with Crippen LogP contribution < -0.4 is 5.32 Å². The summed E-state index contributed by atoms with van der Waals surface area (Å²) in [6.45, 7) is 9.10. The third kappa shape index (κ3) is 3.71. The maximum atomic E-state index is 12.3. The van der Waals surface area contributed by atoms with Crippen LogP contribution in [0.2, 0.25) is 0 Å². The van der Waals surface area contributed by atoms with Crippen LogP contribution in [-0.2, 0) is 4.79 Å². The lowest BCUT2D eigenvalue weighted by molar-refractivity contribution is -0.135. The SMILES string of the molecule is CCC(O)(CC)CN1CCN(C(=O)[C@@H]2CCCN2)CC1. The Kier molecular flexibility index (Phi) is 5.41. The van der Waals surface area contributed by atoms with E-state index in [-0.39, 0.29) is 11.9 Å². The Balaban J connectivity index is 1.78. The number of carbonyl (C=O) groups is 1. The Bertz CT molecular complexity index is 317. The Morgan fingerprint density at radius 1 is 1.25 bits per heavy atom. The molecule has 20 heavy (non-hydrogen) atoms. The summed E-state index contributed by atoms with van der Waals surface area (Å²) in [6.07, 6.45) is 3.66. The predicted octanol–water partition coefficient (Wildman–Crippen LogP) is 0.434. The minimum absolute atomic E-state index is 0.0461. The number of piperazine rings is 1. The number of rotatable bonds is 5. The van der Waals surface area contributed by atoms with Crippen LogP contribution in [0.25, 0.3) is 0 Å². The summed E-state index contributed by atoms with van der Waals surface area (Å²) < 4.78 is 0. The van der Waals surface area contributed by atoms with Gasteiger partial charge in [0.25, 0.3) is 0 Å². The molecule has 0 bridgehead atoms. The summed E-state index contributed by atoms with van der Waals surface area (Å²) in [4.78, 5) is 16.6. The fourth-order valence-electron chi connectivity index (χ4n) is 3.13. The topological polar surface area (TPSA) is 55.8 Å². The van der Waals surface area contributed by atoms with Crippen molar-refractivity contribution in [2.45, 2.75) is 51.2 Å². The van der Waals surface area contributed by atoms with Crippen LogP contribution in [0.1, 0.15) is 39.5 Å². The zero-order valence-corrected chi connectivity index (χ0v) is 12.9. The Morgan fingerprint density at radius 3 is 2.40 bits per heavy atom. The standard InChI is InChI=1S/C15H29N3O2/c1-3-15(20,4-2)12-17-8-10-18(11-9-17)14(19)13-6-5-7-16-13/h13,16,20H,3-12H2,1-2H3/t13-/m0/s1. The van der Waals surface area contributed by atoms with Crippen molar-refractivity contribution in [3.63, 3.8) is 0 Å². The first-order valence-corrected chi connectivity index (χ1v) is 8.05. The van der Waals surface area contributed by atoms with Crippen LogP contribution in [-0.4, -0.2) is 71.7 Å². The normalized spacial score (nSPS) is 25.1. The monoisotopic (exact) mass is 283 g/mol. The van der Waals surface area contributed by atoms with Crippen LogP contribution >= 0.6 is 0 Å². The van der Waals surface area contributed by atoms with E-state index in [1.807, 2.05) is 18.7 Å². The van der Waals surface area contributed by atoms with Crippen LogP contribution in [0.4, 0.5) is 0 Å². The van der Waals surface area contributed by atoms with Gasteiger partial charge in [-0.1, -0.05) is 13.8 Å². The summed E-state index contributed by atoms with van der Waals surface area (Å²) in [5, 5.41) is 13.7. The molecule has 2 saturated heterocycles. The summed E-state index contributed by atoms with van der Waals surface area (Å²) in [5.41, 5.74) is -0.570. The molecule has 0 saturated carbocycles. The predicted molar refractivity (Wildman–Crippen MR) is 79.6 cm³/mol. The van der Waals surface area contributed by atoms with Gasteiger partial charge in [0.15, 0.2) is 0 Å². The number of β-amino-alcohol motifs (C(OH)–C–C–N with tert-alkyl or cyclic N) is 1. The van der Waals surface area contributed by atoms with Crippen molar-refractivity contribution >= 4 is 5.91 Å². The minimum atomic E-state index is -0.570. The second-order valence-corrected chi connectivity index (χ2v) is 6.18. The van der Waals surface area contributed by atoms with Crippen LogP contribution in [0.15, 0.2) is 0 Å². The minimum Gasteiger partial charge on any atom is -0.389 e. The first kappa shape index (κ1) is 15.7. The summed E-state index contributed by atoms with van der Waals surface area (Å²) >= 11 is 0. The molecule has 0 aromatic heterocycles. The molecule has 0 unspecified atom stereocenters. The van der Waals surface area contributed by atoms with E-state index in [4.69, 9.17) is 0 Å². The smallest absolute Gasteiger partial charge is 0.239 e. The molecule has 1 atom stereocenters. The summed E-state index contributed by atoms with van der Waals surface area (Å²) in [6, 6.07) is 0.0461. The third-order valence-electron chi connectivity index (χ3n) is 4.88. The Hall–Kier alpha value is -0.650. The average Bonchev–Trinajstić information content (AvgIpc) is 3.01. The molecule has 0 spiro atoms. The van der Waals surface area contributed by atoms with Gasteiger partial charge in [0.05, 0.1) is 11.6 Å². The van der Waals surface area contributed by atoms with E-state index in [9.17, 15) is 9.90 Å². The van der Waals surface area contributed by atoms with Crippen LogP contribution in [0.5, 0.6) is 0 Å². The molecule has 2 fully saturated rings. The molecule has 1 amide bonds. The van der Waals surface area contributed by atoms with Crippen molar-refractivity contribution in [1.29, 1.82) is 0 Å². The van der Waals surface area contributed by atoms with Crippen molar-refractivity contribution in [2.75, 3.05) is 39.3 Å². The molecule has 5 heteroatoms. The number of hydrogen-bond donors (Lipinski definition) is 2. The zero-order chi connectivity index (χ0) is 14.6. The van der Waals surface area contributed by atoms with E-state index in [0.717, 1.165) is 65.0 Å². The number of amides is 1. The van der Waals surface area contributed by atoms with Crippen molar-refractivity contribution in [3.05, 3.63) is 0 Å². The van der Waals surface area contributed by atoms with Crippen molar-refractivity contribution in [1.82, 2.24) is 15.1 Å². The molecular weight excluding hydrogens is 254 g/mol. The fourth-order valence-corrected chi connectivity index (χ4v) is 3.13. The lowest BCUT2D eigenvalue weighted by Crippen LogP contribution is -2.55. The van der Waals surface area contributed by atoms with E-state index in [1.165, 1.54) is 0 Å². The van der Waals surface area contributed by atoms with E-state index < -0.39 is 5.60 Å². The molecular formula is C15H29N3O2. The van der Waals surface area contributed by atoms with Crippen LogP contribution in [0.3, 0.4) is 0 Å². The fraction of sp³-hybridized carbons (Fsp3) is 0.933. The molecule has 0 radical (unpaired) electrons. The lowest BCUT2D eigenvalue weighted by Gasteiger charge is -2.39. The van der Waals surface area contributed by atoms with Crippen LogP contribution in [0, 0.1) is 0 Å². The number of aliphatic hydroxyl groups is 1. The Morgan fingerprint density at radius 2 is 1.90 bits per heavy atom. The molecule has 2 rings (SSSR count). The lowest BCUT2D eigenvalue weighted by atomic mass is 9.96. The molecule has 2 aliphatic heterocycles. The molecule has 5 nitrogen and oxygen atoms in total. The van der Waals surface area contributed by atoms with Gasteiger partial charge >= 0.3 is 0 Å². The molecule has 0 aliphatic carbocycles. The maximum absolute atomic E-state index is 12.3. The van der Waals surface area contributed by atoms with Crippen molar-refractivity contribution < 1.29 is 9.90 Å². The van der Waals surface area contributed by atoms with Gasteiger partial charge < -0.3 is 15.3 Å². The van der Waals surface area contributed by atoms with Gasteiger partial charge in [-0.25, -0.2) is 0 Å². The maximum Gasteiger partial charge on any atom is 0.239 e. The third-order valence-corrected chi connectivity index (χ3v) is 4.88. The quantitative estimate of drug-likeness (QED) is 0.768. The first-order chi connectivity index (χ1) is 9.58. The van der Waals surface area contributed by atoms with Gasteiger partial charge in [0.1, 0.15) is 0 Å². The molecule has 0 aromatic rings. The van der Waals surface area contributed by atoms with Gasteiger partial charge in [-0.05, 0) is 32.2 Å². The number of nitrogens with one attached hydrogen (secondary N) is 1. The summed E-state index contributed by atoms with van der Waals surface area (Å²) in [5.74, 6) is 0.267. The van der Waals surface area contributed by atoms with E-state index >= 15 is 0 Å². The second kappa shape index (κ2) is 6.87. The summed E-state index contributed by atoms with van der Waals surface area (Å²) in [7, 11) is 0. The largest absolute Gasteiger partial charge is 0.389 e. The highest BCUT2D eigenvalue weighted by Gasteiger charge is 2.31. The average molecular weight is 283 g/mol. The van der Waals surface area contributed by atoms with Gasteiger partial charge in [-0.2, -0.15) is 0 Å². The van der Waals surface area contributed by atoms with Gasteiger partial charge in [-0.15, -0.1) is 0 Å². The first-order valence-electron chi connectivity index (χ1n) is 8.05. The van der Waals surface area contributed by atoms with Crippen molar-refractivity contribution in [2.24, 2.45) is 0 Å². The molecule has 2 aliphatic rings. The van der Waals surface area contributed by atoms with E-state index in [1.54, 1.807) is 0 Å². The van der Waals surface area contributed by atoms with E-state index in [0.29, 0.717) is 0 Å². The zero-order valence-electron chi connectivity index (χ0n) is 12.9. The molecule has 0 aromatic carbocycles. The van der Waals surface area contributed by atoms with Gasteiger partial charge in [0.2, 0.25) is 5.91 Å². The van der Waals surface area contributed by atoms with Crippen molar-refractivity contribution in [3.8, 4) is 0 Å². The number of carbonyl (C=O) groups excluding carboxylic acids is 1. The number of nitrogens with zero attached hydrogens (tertiary/aromatic N) is 2. The van der Waals surface area contributed by atoms with E-state index in [2.05, 4.69) is 10.2 Å². The van der Waals surface area contributed by atoms with Gasteiger partial charge in [0, 0.05) is 32.7 Å².